The predicted molar refractivity (Wildman–Crippen MR) is 534 cm³/mol. The molecule has 0 aliphatic rings. The normalized spacial score (nSPS) is 11.9. The van der Waals surface area contributed by atoms with Gasteiger partial charge in [0.1, 0.15) is 0 Å². The van der Waals surface area contributed by atoms with Crippen LogP contribution in [0, 0.1) is 0 Å². The summed E-state index contributed by atoms with van der Waals surface area (Å²) in [5.41, 5.74) is 17.3. The predicted octanol–water partition coefficient (Wildman–Crippen LogP) is 34.2. The summed E-state index contributed by atoms with van der Waals surface area (Å²) < 4.78 is 8.02. The van der Waals surface area contributed by atoms with E-state index < -0.39 is 0 Å². The van der Waals surface area contributed by atoms with Gasteiger partial charge in [-0.25, -0.2) is 15.0 Å². The minimum absolute atomic E-state index is 0.997. The lowest BCUT2D eigenvalue weighted by atomic mass is 9.92. The van der Waals surface area contributed by atoms with Gasteiger partial charge in [-0.3, -0.25) is 0 Å². The number of fused-ring (bicyclic) bond motifs is 30. The molecule has 27 aromatic rings. The zero-order valence-electron chi connectivity index (χ0n) is 66.4. The van der Waals surface area contributed by atoms with Crippen LogP contribution in [0.15, 0.2) is 419 Å². The van der Waals surface area contributed by atoms with Crippen LogP contribution in [0.25, 0.3) is 257 Å². The van der Waals surface area contributed by atoms with Crippen LogP contribution in [-0.4, -0.2) is 15.0 Å². The molecule has 0 unspecified atom stereocenters. The molecule has 27 rings (SSSR count). The Bertz CT molecular complexity index is 8710. The fourth-order valence-electron chi connectivity index (χ4n) is 19.7. The Morgan fingerprint density at radius 3 is 0.805 bits per heavy atom. The Hall–Kier alpha value is -15.2. The Labute approximate surface area is 719 Å². The SMILES string of the molecule is c1ccc2c(c1)sc1c(-c3ccc(-c4ccc5c6ccccc6c6ccccc6c5n4)c4ccccc34)cccc12.c1ccc2c(c1)sc1c(-c3ccc4ccc(-c5ccc6c7ccccc7c7ccccc7c6n5)cc4c3)cccc12.c1ccc2c(c1)sc1c(-c3cccc4c(-c5ccc6c7ccccc7c7ccccc7c6n5)cccc34)cccc12. The van der Waals surface area contributed by atoms with Gasteiger partial charge in [0.2, 0.25) is 0 Å². The van der Waals surface area contributed by atoms with Gasteiger partial charge in [0.15, 0.2) is 0 Å². The van der Waals surface area contributed by atoms with E-state index in [1.54, 1.807) is 0 Å². The second-order valence-corrected chi connectivity index (χ2v) is 35.2. The van der Waals surface area contributed by atoms with Crippen molar-refractivity contribution in [2.45, 2.75) is 0 Å². The van der Waals surface area contributed by atoms with Crippen LogP contribution < -0.4 is 0 Å². The molecule has 0 fully saturated rings. The Morgan fingerprint density at radius 2 is 0.390 bits per heavy atom. The minimum atomic E-state index is 0.997. The first-order chi connectivity index (χ1) is 61.0. The van der Waals surface area contributed by atoms with Crippen molar-refractivity contribution in [1.29, 1.82) is 0 Å². The Kier molecular flexibility index (Phi) is 16.6. The molecule has 570 valence electrons. The van der Waals surface area contributed by atoms with Crippen LogP contribution in [0.5, 0.6) is 0 Å². The van der Waals surface area contributed by atoms with Crippen LogP contribution in [0.4, 0.5) is 0 Å². The number of nitrogens with zero attached hydrogens (tertiary/aromatic N) is 3. The van der Waals surface area contributed by atoms with E-state index >= 15 is 0 Å². The summed E-state index contributed by atoms with van der Waals surface area (Å²) in [7, 11) is 0. The molecule has 0 N–H and O–H groups in total. The first kappa shape index (κ1) is 70.8. The lowest BCUT2D eigenvalue weighted by Gasteiger charge is -2.14. The van der Waals surface area contributed by atoms with Gasteiger partial charge in [-0.2, -0.15) is 0 Å². The van der Waals surface area contributed by atoms with E-state index in [4.69, 9.17) is 15.0 Å². The van der Waals surface area contributed by atoms with Gasteiger partial charge in [0, 0.05) is 121 Å². The maximum Gasteiger partial charge on any atom is 0.0794 e. The number of rotatable bonds is 6. The molecule has 0 saturated heterocycles. The van der Waals surface area contributed by atoms with Crippen molar-refractivity contribution in [2.75, 3.05) is 0 Å². The van der Waals surface area contributed by atoms with Crippen molar-refractivity contribution in [3.05, 3.63) is 419 Å². The average Bonchev–Trinajstić information content (AvgIpc) is 1.30. The van der Waals surface area contributed by atoms with Crippen LogP contribution >= 0.6 is 34.0 Å². The molecule has 0 radical (unpaired) electrons. The standard InChI is InChI=1S/3C39H23NS/c1-3-12-26-24(10-1)29(34-17-9-18-35-31-15-7-8-19-37(31)41-39(34)35)20-21-30(26)36-23-22-33-28-14-4-2-11-25(28)27-13-5-6-16-32(27)38(33)40-36;1-2-12-28-24(10-1)27-11-3-4-14-32(27)38-33(28)22-23-36(40-38)30-18-8-15-25-26(30)16-7-17-29(25)34-19-9-20-35-31-13-5-6-21-37(31)41-39(34)35;1-2-10-31-29(8-1)30-9-3-4-12-33(30)38-34(31)20-21-36(40-38)26-19-17-24-16-18-25(22-27(24)23-26)28-13-7-14-35-32-11-5-6-15-37(32)41-39(28)35/h3*1-23H. The maximum atomic E-state index is 5.36. The number of hydrogen-bond donors (Lipinski definition) is 0. The van der Waals surface area contributed by atoms with Crippen molar-refractivity contribution < 1.29 is 0 Å². The highest BCUT2D eigenvalue weighted by atomic mass is 32.1. The summed E-state index contributed by atoms with van der Waals surface area (Å²) in [6.45, 7) is 0. The van der Waals surface area contributed by atoms with Gasteiger partial charge < -0.3 is 0 Å². The van der Waals surface area contributed by atoms with Crippen molar-refractivity contribution >= 4 is 224 Å². The zero-order chi connectivity index (χ0) is 80.7. The molecule has 0 spiro atoms. The molecule has 0 amide bonds. The fraction of sp³-hybridized carbons (Fsp3) is 0. The van der Waals surface area contributed by atoms with Crippen LogP contribution in [0.3, 0.4) is 0 Å². The molecule has 6 heteroatoms. The molecule has 0 bridgehead atoms. The number of hydrogen-bond acceptors (Lipinski definition) is 6. The molecular formula is C117H69N3S3. The number of aromatic nitrogens is 3. The maximum absolute atomic E-state index is 5.36. The van der Waals surface area contributed by atoms with E-state index in [2.05, 4.69) is 419 Å². The molecule has 21 aromatic carbocycles. The second-order valence-electron chi connectivity index (χ2n) is 32.1. The van der Waals surface area contributed by atoms with Crippen LogP contribution in [0.1, 0.15) is 0 Å². The highest BCUT2D eigenvalue weighted by Crippen LogP contribution is 2.49. The number of thiophene rings is 3. The summed E-state index contributed by atoms with van der Waals surface area (Å²) in [5, 5.41) is 33.9. The second kappa shape index (κ2) is 28.8. The van der Waals surface area contributed by atoms with Gasteiger partial charge in [0.25, 0.3) is 0 Å². The topological polar surface area (TPSA) is 38.7 Å². The molecule has 0 atom stereocenters. The lowest BCUT2D eigenvalue weighted by Crippen LogP contribution is -1.91. The van der Waals surface area contributed by atoms with Gasteiger partial charge >= 0.3 is 0 Å². The van der Waals surface area contributed by atoms with Gasteiger partial charge in [0.05, 0.1) is 33.6 Å². The van der Waals surface area contributed by atoms with Crippen molar-refractivity contribution in [3.8, 4) is 67.2 Å². The van der Waals surface area contributed by atoms with E-state index in [0.29, 0.717) is 0 Å². The lowest BCUT2D eigenvalue weighted by molar-refractivity contribution is 1.42. The average molecular weight is 1610 g/mol. The Balaban J connectivity index is 0.000000101. The molecule has 3 nitrogen and oxygen atoms in total. The van der Waals surface area contributed by atoms with Crippen molar-refractivity contribution in [3.63, 3.8) is 0 Å². The molecule has 0 saturated carbocycles. The smallest absolute Gasteiger partial charge is 0.0794 e. The molecule has 0 aliphatic heterocycles. The molecule has 6 heterocycles. The first-order valence-electron chi connectivity index (χ1n) is 41.9. The third kappa shape index (κ3) is 11.6. The molecule has 6 aromatic heterocycles. The quantitative estimate of drug-likeness (QED) is 0.156. The molecule has 123 heavy (non-hydrogen) atoms. The van der Waals surface area contributed by atoms with Gasteiger partial charge in [-0.15, -0.1) is 34.0 Å². The van der Waals surface area contributed by atoms with E-state index in [0.717, 1.165) is 50.3 Å². The summed E-state index contributed by atoms with van der Waals surface area (Å²) in [6, 6.07) is 152. The minimum Gasteiger partial charge on any atom is -0.247 e. The molecular weight excluding hydrogens is 1540 g/mol. The fourth-order valence-corrected chi connectivity index (χ4v) is 23.4. The highest BCUT2D eigenvalue weighted by Gasteiger charge is 2.22. The summed E-state index contributed by atoms with van der Waals surface area (Å²) in [5.74, 6) is 0. The van der Waals surface area contributed by atoms with Gasteiger partial charge in [-0.05, 0) is 170 Å². The molecule has 0 aliphatic carbocycles. The van der Waals surface area contributed by atoms with Gasteiger partial charge in [-0.1, -0.05) is 352 Å². The monoisotopic (exact) mass is 1610 g/mol. The summed E-state index contributed by atoms with van der Waals surface area (Å²) in [6.07, 6.45) is 0. The van der Waals surface area contributed by atoms with Crippen LogP contribution in [-0.2, 0) is 0 Å². The zero-order valence-corrected chi connectivity index (χ0v) is 68.9. The third-order valence-corrected chi connectivity index (χ3v) is 29.1. The third-order valence-electron chi connectivity index (χ3n) is 25.4. The number of benzene rings is 21. The van der Waals surface area contributed by atoms with E-state index in [1.807, 2.05) is 34.0 Å². The first-order valence-corrected chi connectivity index (χ1v) is 44.4. The largest absolute Gasteiger partial charge is 0.247 e. The summed E-state index contributed by atoms with van der Waals surface area (Å²) in [4.78, 5) is 16.0. The Morgan fingerprint density at radius 1 is 0.138 bits per heavy atom. The van der Waals surface area contributed by atoms with Crippen LogP contribution in [0.2, 0.25) is 0 Å². The van der Waals surface area contributed by atoms with Crippen molar-refractivity contribution in [2.24, 2.45) is 0 Å². The van der Waals surface area contributed by atoms with E-state index in [1.165, 1.54) is 207 Å². The number of pyridine rings is 3. The highest BCUT2D eigenvalue weighted by molar-refractivity contribution is 7.27. The van der Waals surface area contributed by atoms with Crippen molar-refractivity contribution in [1.82, 2.24) is 15.0 Å². The van der Waals surface area contributed by atoms with E-state index in [9.17, 15) is 0 Å². The van der Waals surface area contributed by atoms with E-state index in [-0.39, 0.29) is 0 Å². The summed E-state index contributed by atoms with van der Waals surface area (Å²) >= 11 is 5.65.